The molecule has 0 aliphatic rings. The van der Waals surface area contributed by atoms with Gasteiger partial charge < -0.3 is 10.6 Å². The van der Waals surface area contributed by atoms with Crippen molar-refractivity contribution in [2.75, 3.05) is 17.7 Å². The molecule has 132 valence electrons. The van der Waals surface area contributed by atoms with E-state index in [1.165, 1.54) is 22.9 Å². The number of nitro groups is 1. The van der Waals surface area contributed by atoms with Crippen LogP contribution in [0.25, 0.3) is 5.69 Å². The highest BCUT2D eigenvalue weighted by Crippen LogP contribution is 2.23. The predicted octanol–water partition coefficient (Wildman–Crippen LogP) is 2.17. The number of benzene rings is 2. The van der Waals surface area contributed by atoms with Gasteiger partial charge in [0.15, 0.2) is 5.82 Å². The molecule has 0 bridgehead atoms. The number of hydrogen-bond acceptors (Lipinski definition) is 7. The summed E-state index contributed by atoms with van der Waals surface area (Å²) in [7, 11) is 1.64. The lowest BCUT2D eigenvalue weighted by Gasteiger charge is -2.11. The van der Waals surface area contributed by atoms with E-state index >= 15 is 0 Å². The number of carbonyl (C=O) groups is 1. The molecular weight excluding hydrogens is 338 g/mol. The number of rotatable bonds is 5. The van der Waals surface area contributed by atoms with Crippen LogP contribution >= 0.6 is 0 Å². The Morgan fingerprint density at radius 1 is 1.23 bits per heavy atom. The maximum absolute atomic E-state index is 12.6. The summed E-state index contributed by atoms with van der Waals surface area (Å²) >= 11 is 0. The molecule has 1 aromatic heterocycles. The second-order valence-corrected chi connectivity index (χ2v) is 5.38. The van der Waals surface area contributed by atoms with Crippen molar-refractivity contribution in [1.29, 1.82) is 0 Å². The van der Waals surface area contributed by atoms with Gasteiger partial charge in [-0.3, -0.25) is 14.9 Å². The lowest BCUT2D eigenvalue weighted by atomic mass is 10.1. The number of nitrogens with zero attached hydrogens (tertiary/aromatic N) is 5. The highest BCUT2D eigenvalue weighted by molar-refractivity contribution is 6.08. The van der Waals surface area contributed by atoms with Crippen molar-refractivity contribution in [3.8, 4) is 5.69 Å². The third-order valence-electron chi connectivity index (χ3n) is 3.70. The average molecular weight is 353 g/mol. The Morgan fingerprint density at radius 3 is 2.69 bits per heavy atom. The maximum Gasteiger partial charge on any atom is 0.270 e. The number of nitro benzene ring substituents is 1. The standard InChI is InChI=1S/C16H15N7O3/c1-10-19-20-21-22(10)12-5-3-4-11(8-12)18-16(24)14-9-13(23(25)26)6-7-15(14)17-2/h3-9,17H,1-2H3,(H,18,24). The second kappa shape index (κ2) is 6.97. The molecule has 0 radical (unpaired) electrons. The van der Waals surface area contributed by atoms with Gasteiger partial charge in [0.05, 0.1) is 16.2 Å². The van der Waals surface area contributed by atoms with Crippen LogP contribution in [-0.4, -0.2) is 38.1 Å². The van der Waals surface area contributed by atoms with Crippen LogP contribution in [0.2, 0.25) is 0 Å². The zero-order valence-corrected chi connectivity index (χ0v) is 14.0. The van der Waals surface area contributed by atoms with Gasteiger partial charge in [-0.1, -0.05) is 6.07 Å². The average Bonchev–Trinajstić information content (AvgIpc) is 3.07. The van der Waals surface area contributed by atoms with Crippen LogP contribution < -0.4 is 10.6 Å². The van der Waals surface area contributed by atoms with E-state index in [1.807, 2.05) is 0 Å². The third-order valence-corrected chi connectivity index (χ3v) is 3.70. The van der Waals surface area contributed by atoms with Crippen molar-refractivity contribution in [3.05, 3.63) is 64.0 Å². The molecule has 1 amide bonds. The molecule has 0 aliphatic carbocycles. The highest BCUT2D eigenvalue weighted by atomic mass is 16.6. The van der Waals surface area contributed by atoms with Gasteiger partial charge in [0, 0.05) is 30.6 Å². The quantitative estimate of drug-likeness (QED) is 0.531. The second-order valence-electron chi connectivity index (χ2n) is 5.38. The maximum atomic E-state index is 12.6. The van der Waals surface area contributed by atoms with Crippen molar-refractivity contribution < 1.29 is 9.72 Å². The molecule has 0 unspecified atom stereocenters. The summed E-state index contributed by atoms with van der Waals surface area (Å²) in [4.78, 5) is 23.0. The van der Waals surface area contributed by atoms with Crippen LogP contribution in [0.1, 0.15) is 16.2 Å². The molecule has 10 heteroatoms. The van der Waals surface area contributed by atoms with Crippen LogP contribution in [0.4, 0.5) is 17.1 Å². The molecule has 2 N–H and O–H groups in total. The van der Waals surface area contributed by atoms with E-state index in [2.05, 4.69) is 26.2 Å². The Hall–Kier alpha value is -3.82. The Bertz CT molecular complexity index is 983. The van der Waals surface area contributed by atoms with Gasteiger partial charge in [-0.2, -0.15) is 4.68 Å². The van der Waals surface area contributed by atoms with Gasteiger partial charge in [0.25, 0.3) is 11.6 Å². The fraction of sp³-hybridized carbons (Fsp3) is 0.125. The van der Waals surface area contributed by atoms with Crippen LogP contribution in [0, 0.1) is 17.0 Å². The zero-order chi connectivity index (χ0) is 18.7. The number of nitrogens with one attached hydrogen (secondary N) is 2. The van der Waals surface area contributed by atoms with Gasteiger partial charge in [0.2, 0.25) is 0 Å². The smallest absolute Gasteiger partial charge is 0.270 e. The van der Waals surface area contributed by atoms with E-state index in [9.17, 15) is 14.9 Å². The van der Waals surface area contributed by atoms with E-state index < -0.39 is 10.8 Å². The van der Waals surface area contributed by atoms with E-state index in [1.54, 1.807) is 38.2 Å². The fourth-order valence-corrected chi connectivity index (χ4v) is 2.44. The zero-order valence-electron chi connectivity index (χ0n) is 14.0. The molecule has 1 heterocycles. The number of tetrazole rings is 1. The topological polar surface area (TPSA) is 128 Å². The lowest BCUT2D eigenvalue weighted by Crippen LogP contribution is -2.14. The molecule has 0 atom stereocenters. The minimum Gasteiger partial charge on any atom is -0.387 e. The SMILES string of the molecule is CNc1ccc([N+](=O)[O-])cc1C(=O)Nc1cccc(-n2nnnc2C)c1. The largest absolute Gasteiger partial charge is 0.387 e. The number of aromatic nitrogens is 4. The number of anilines is 2. The predicted molar refractivity (Wildman–Crippen MR) is 94.5 cm³/mol. The minimum atomic E-state index is -0.544. The van der Waals surface area contributed by atoms with Crippen LogP contribution in [-0.2, 0) is 0 Å². The molecule has 3 aromatic rings. The van der Waals surface area contributed by atoms with Crippen molar-refractivity contribution in [3.63, 3.8) is 0 Å². The van der Waals surface area contributed by atoms with Gasteiger partial charge >= 0.3 is 0 Å². The first kappa shape index (κ1) is 17.0. The van der Waals surface area contributed by atoms with Crippen LogP contribution in [0.5, 0.6) is 0 Å². The van der Waals surface area contributed by atoms with Crippen molar-refractivity contribution in [2.45, 2.75) is 6.92 Å². The highest BCUT2D eigenvalue weighted by Gasteiger charge is 2.17. The van der Waals surface area contributed by atoms with Crippen LogP contribution in [0.3, 0.4) is 0 Å². The molecule has 0 spiro atoms. The number of amides is 1. The normalized spacial score (nSPS) is 10.4. The van der Waals surface area contributed by atoms with Crippen molar-refractivity contribution >= 4 is 23.0 Å². The van der Waals surface area contributed by atoms with E-state index in [4.69, 9.17) is 0 Å². The van der Waals surface area contributed by atoms with Crippen molar-refractivity contribution in [1.82, 2.24) is 20.2 Å². The molecule has 26 heavy (non-hydrogen) atoms. The molecule has 10 nitrogen and oxygen atoms in total. The van der Waals surface area contributed by atoms with E-state index in [0.29, 0.717) is 22.9 Å². The van der Waals surface area contributed by atoms with Gasteiger partial charge in [-0.25, -0.2) is 0 Å². The first-order chi connectivity index (χ1) is 12.5. The summed E-state index contributed by atoms with van der Waals surface area (Å²) in [6, 6.07) is 11.0. The monoisotopic (exact) mass is 353 g/mol. The minimum absolute atomic E-state index is 0.160. The number of carbonyl (C=O) groups excluding carboxylic acids is 1. The first-order valence-corrected chi connectivity index (χ1v) is 7.62. The third kappa shape index (κ3) is 3.34. The lowest BCUT2D eigenvalue weighted by molar-refractivity contribution is -0.384. The van der Waals surface area contributed by atoms with E-state index in [-0.39, 0.29) is 11.3 Å². The Balaban J connectivity index is 1.90. The molecule has 0 aliphatic heterocycles. The summed E-state index contributed by atoms with van der Waals surface area (Å²) in [6.45, 7) is 1.76. The number of hydrogen-bond donors (Lipinski definition) is 2. The summed E-state index contributed by atoms with van der Waals surface area (Å²) < 4.78 is 1.53. The Morgan fingerprint density at radius 2 is 2.04 bits per heavy atom. The molecule has 0 fully saturated rings. The summed E-state index contributed by atoms with van der Waals surface area (Å²) in [6.07, 6.45) is 0. The first-order valence-electron chi connectivity index (χ1n) is 7.62. The summed E-state index contributed by atoms with van der Waals surface area (Å²) in [5.74, 6) is 0.133. The number of non-ortho nitro benzene ring substituents is 1. The molecule has 0 saturated heterocycles. The van der Waals surface area contributed by atoms with Gasteiger partial charge in [0.1, 0.15) is 0 Å². The van der Waals surface area contributed by atoms with Crippen LogP contribution in [0.15, 0.2) is 42.5 Å². The van der Waals surface area contributed by atoms with Gasteiger partial charge in [-0.05, 0) is 41.6 Å². The Kier molecular flexibility index (Phi) is 4.56. The molecular formula is C16H15N7O3. The summed E-state index contributed by atoms with van der Waals surface area (Å²) in [5, 5.41) is 27.9. The molecule has 0 saturated carbocycles. The van der Waals surface area contributed by atoms with Gasteiger partial charge in [-0.15, -0.1) is 5.10 Å². The molecule has 3 rings (SSSR count). The van der Waals surface area contributed by atoms with Crippen molar-refractivity contribution in [2.24, 2.45) is 0 Å². The summed E-state index contributed by atoms with van der Waals surface area (Å²) in [5.41, 5.74) is 1.69. The van der Waals surface area contributed by atoms with E-state index in [0.717, 1.165) is 0 Å². The number of aryl methyl sites for hydroxylation is 1. The fourth-order valence-electron chi connectivity index (χ4n) is 2.44. The molecule has 2 aromatic carbocycles. The Labute approximate surface area is 148 Å².